The average molecular weight is 501 g/mol. The van der Waals surface area contributed by atoms with Gasteiger partial charge >= 0.3 is 27.3 Å². The number of carbonyl (C=O) groups excluding carboxylic acids is 2. The predicted molar refractivity (Wildman–Crippen MR) is 118 cm³/mol. The smallest absolute Gasteiger partial charge is 0.460 e. The molecule has 34 heavy (non-hydrogen) atoms. The van der Waals surface area contributed by atoms with Crippen LogP contribution in [0.25, 0.3) is 0 Å². The van der Waals surface area contributed by atoms with Crippen LogP contribution in [0.15, 0.2) is 24.3 Å². The first kappa shape index (κ1) is 25.0. The monoisotopic (exact) mass is 500 g/mol. The lowest BCUT2D eigenvalue weighted by molar-refractivity contribution is -0.194. The second-order valence-corrected chi connectivity index (χ2v) is 12.0. The van der Waals surface area contributed by atoms with Crippen molar-refractivity contribution in [3.05, 3.63) is 35.4 Å². The molecule has 5 rings (SSSR count). The number of hydrogen-bond acceptors (Lipinski definition) is 6. The standard InChI is InChI=1S/C24H30F2O7S/c1-3-15(2)18-4-6-19(7-5-18)20(27)33-23-11-16-8-17(12-23)10-22(9-16,13-23)14-32-21(28)24(25,26)34(29,30)31/h4-7,15-17H,3,8-14H2,1-2H3,(H,29,30,31). The van der Waals surface area contributed by atoms with Crippen molar-refractivity contribution in [3.63, 3.8) is 0 Å². The molecule has 4 bridgehead atoms. The van der Waals surface area contributed by atoms with Crippen molar-refractivity contribution in [2.24, 2.45) is 17.3 Å². The van der Waals surface area contributed by atoms with Gasteiger partial charge in [-0.25, -0.2) is 9.59 Å². The molecule has 4 saturated carbocycles. The number of esters is 2. The van der Waals surface area contributed by atoms with Crippen LogP contribution in [-0.4, -0.2) is 42.4 Å². The van der Waals surface area contributed by atoms with E-state index < -0.39 is 44.9 Å². The summed E-state index contributed by atoms with van der Waals surface area (Å²) in [6.45, 7) is 3.80. The van der Waals surface area contributed by atoms with E-state index in [9.17, 15) is 26.8 Å². The molecule has 1 aromatic rings. The largest absolute Gasteiger partial charge is 0.465 e. The molecule has 1 aromatic carbocycles. The summed E-state index contributed by atoms with van der Waals surface area (Å²) >= 11 is 0. The van der Waals surface area contributed by atoms with E-state index >= 15 is 0 Å². The number of rotatable bonds is 8. The van der Waals surface area contributed by atoms with Crippen LogP contribution in [-0.2, 0) is 24.4 Å². The van der Waals surface area contributed by atoms with Crippen molar-refractivity contribution in [2.75, 3.05) is 6.61 Å². The van der Waals surface area contributed by atoms with Crippen molar-refractivity contribution in [3.8, 4) is 0 Å². The Labute approximate surface area is 197 Å². The number of benzene rings is 1. The third-order valence-electron chi connectivity index (χ3n) is 7.84. The number of hydrogen-bond donors (Lipinski definition) is 1. The fraction of sp³-hybridized carbons (Fsp3) is 0.667. The molecule has 0 radical (unpaired) electrons. The molecule has 0 heterocycles. The van der Waals surface area contributed by atoms with Crippen molar-refractivity contribution in [1.29, 1.82) is 0 Å². The number of ether oxygens (including phenoxy) is 2. The summed E-state index contributed by atoms with van der Waals surface area (Å²) in [5.41, 5.74) is 0.136. The van der Waals surface area contributed by atoms with Gasteiger partial charge in [-0.15, -0.1) is 0 Å². The summed E-state index contributed by atoms with van der Waals surface area (Å²) < 4.78 is 68.4. The van der Waals surface area contributed by atoms with Gasteiger partial charge in [0.2, 0.25) is 0 Å². The van der Waals surface area contributed by atoms with Crippen molar-refractivity contribution < 1.29 is 40.8 Å². The first-order valence-corrected chi connectivity index (χ1v) is 13.1. The van der Waals surface area contributed by atoms with E-state index in [4.69, 9.17) is 14.0 Å². The molecule has 188 valence electrons. The molecular formula is C24H30F2O7S. The molecule has 0 aliphatic heterocycles. The third-order valence-corrected chi connectivity index (χ3v) is 8.65. The van der Waals surface area contributed by atoms with Gasteiger partial charge in [-0.05, 0) is 80.4 Å². The maximum atomic E-state index is 13.6. The van der Waals surface area contributed by atoms with Gasteiger partial charge in [0.15, 0.2) is 0 Å². The van der Waals surface area contributed by atoms with Gasteiger partial charge in [-0.2, -0.15) is 17.2 Å². The minimum Gasteiger partial charge on any atom is -0.460 e. The number of alkyl halides is 2. The van der Waals surface area contributed by atoms with E-state index in [-0.39, 0.29) is 11.8 Å². The summed E-state index contributed by atoms with van der Waals surface area (Å²) in [5.74, 6) is -1.96. The first-order chi connectivity index (χ1) is 15.8. The van der Waals surface area contributed by atoms with E-state index in [2.05, 4.69) is 13.8 Å². The Morgan fingerprint density at radius 3 is 2.26 bits per heavy atom. The predicted octanol–water partition coefficient (Wildman–Crippen LogP) is 4.72. The summed E-state index contributed by atoms with van der Waals surface area (Å²) in [6.07, 6.45) is 4.84. The van der Waals surface area contributed by atoms with Gasteiger partial charge in [-0.1, -0.05) is 26.0 Å². The lowest BCUT2D eigenvalue weighted by Gasteiger charge is -2.60. The van der Waals surface area contributed by atoms with Crippen LogP contribution in [0.2, 0.25) is 0 Å². The van der Waals surface area contributed by atoms with Crippen LogP contribution in [0.1, 0.15) is 80.6 Å². The van der Waals surface area contributed by atoms with Crippen molar-refractivity contribution >= 4 is 22.1 Å². The quantitative estimate of drug-likeness (QED) is 0.407. The molecule has 0 aromatic heterocycles. The lowest BCUT2D eigenvalue weighted by atomic mass is 9.48. The molecule has 4 aliphatic rings. The zero-order valence-electron chi connectivity index (χ0n) is 19.3. The normalized spacial score (nSPS) is 31.2. The first-order valence-electron chi connectivity index (χ1n) is 11.6. The molecule has 3 unspecified atom stereocenters. The Morgan fingerprint density at radius 1 is 1.15 bits per heavy atom. The molecule has 0 saturated heterocycles. The van der Waals surface area contributed by atoms with Gasteiger partial charge in [0.25, 0.3) is 0 Å². The minimum atomic E-state index is -5.93. The van der Waals surface area contributed by atoms with E-state index in [0.717, 1.165) is 18.4 Å². The minimum absolute atomic E-state index is 0.197. The highest BCUT2D eigenvalue weighted by molar-refractivity contribution is 7.87. The van der Waals surface area contributed by atoms with Gasteiger partial charge in [0.1, 0.15) is 5.60 Å². The zero-order chi connectivity index (χ0) is 24.9. The molecule has 1 N–H and O–H groups in total. The highest BCUT2D eigenvalue weighted by atomic mass is 32.2. The van der Waals surface area contributed by atoms with Crippen molar-refractivity contribution in [1.82, 2.24) is 0 Å². The van der Waals surface area contributed by atoms with Crippen LogP contribution in [0, 0.1) is 17.3 Å². The average Bonchev–Trinajstić information content (AvgIpc) is 2.75. The maximum Gasteiger partial charge on any atom is 0.465 e. The van der Waals surface area contributed by atoms with Crippen LogP contribution in [0.3, 0.4) is 0 Å². The maximum absolute atomic E-state index is 13.6. The topological polar surface area (TPSA) is 107 Å². The zero-order valence-corrected chi connectivity index (χ0v) is 20.1. The van der Waals surface area contributed by atoms with Gasteiger partial charge in [0.05, 0.1) is 12.2 Å². The Kier molecular flexibility index (Phi) is 6.29. The molecule has 0 spiro atoms. The summed E-state index contributed by atoms with van der Waals surface area (Å²) in [5, 5.41) is -5.03. The molecule has 4 fully saturated rings. The van der Waals surface area contributed by atoms with Gasteiger partial charge < -0.3 is 9.47 Å². The Morgan fingerprint density at radius 2 is 1.74 bits per heavy atom. The molecule has 0 amide bonds. The second-order valence-electron chi connectivity index (χ2n) is 10.5. The third kappa shape index (κ3) is 4.58. The lowest BCUT2D eigenvalue weighted by Crippen LogP contribution is -2.59. The van der Waals surface area contributed by atoms with Crippen LogP contribution in [0.4, 0.5) is 8.78 Å². The Hall–Kier alpha value is -2.07. The molecule has 3 atom stereocenters. The number of halogens is 2. The van der Waals surface area contributed by atoms with Crippen molar-refractivity contribution in [2.45, 2.75) is 75.6 Å². The summed E-state index contributed by atoms with van der Waals surface area (Å²) in [7, 11) is -5.93. The fourth-order valence-electron chi connectivity index (χ4n) is 6.50. The highest BCUT2D eigenvalue weighted by Crippen LogP contribution is 2.63. The van der Waals surface area contributed by atoms with E-state index in [1.165, 1.54) is 0 Å². The Balaban J connectivity index is 1.47. The number of carbonyl (C=O) groups is 2. The van der Waals surface area contributed by atoms with Crippen LogP contribution in [0.5, 0.6) is 0 Å². The summed E-state index contributed by atoms with van der Waals surface area (Å²) in [4.78, 5) is 24.7. The van der Waals surface area contributed by atoms with Gasteiger partial charge in [0, 0.05) is 5.41 Å². The van der Waals surface area contributed by atoms with E-state index in [1.807, 2.05) is 12.1 Å². The van der Waals surface area contributed by atoms with Crippen LogP contribution >= 0.6 is 0 Å². The highest BCUT2D eigenvalue weighted by Gasteiger charge is 2.61. The Bertz CT molecular complexity index is 1050. The van der Waals surface area contributed by atoms with Gasteiger partial charge in [-0.3, -0.25) is 4.55 Å². The SMILES string of the molecule is CCC(C)c1ccc(C(=O)OC23CC4CC(CC(COC(=O)C(F)(F)S(=O)(=O)O)(C4)C2)C3)cc1. The second kappa shape index (κ2) is 8.55. The molecular weight excluding hydrogens is 470 g/mol. The van der Waals surface area contributed by atoms with E-state index in [1.54, 1.807) is 12.1 Å². The molecule has 4 aliphatic carbocycles. The molecule has 10 heteroatoms. The summed E-state index contributed by atoms with van der Waals surface area (Å²) in [6, 6.07) is 7.33. The molecule has 7 nitrogen and oxygen atoms in total. The fourth-order valence-corrected chi connectivity index (χ4v) is 6.77. The van der Waals surface area contributed by atoms with E-state index in [0.29, 0.717) is 43.6 Å². The van der Waals surface area contributed by atoms with Crippen LogP contribution < -0.4 is 0 Å².